The van der Waals surface area contributed by atoms with Gasteiger partial charge in [-0.05, 0) is 30.2 Å². The third-order valence-electron chi connectivity index (χ3n) is 2.64. The van der Waals surface area contributed by atoms with Crippen molar-refractivity contribution >= 4 is 11.6 Å². The summed E-state index contributed by atoms with van der Waals surface area (Å²) in [5.41, 5.74) is 8.65. The molecule has 0 fully saturated rings. The lowest BCUT2D eigenvalue weighted by molar-refractivity contribution is 0.727. The Morgan fingerprint density at radius 1 is 1.35 bits per heavy atom. The minimum Gasteiger partial charge on any atom is -0.325 e. The molecule has 0 aliphatic heterocycles. The van der Waals surface area contributed by atoms with Gasteiger partial charge in [-0.3, -0.25) is 0 Å². The molecule has 1 heterocycles. The first-order valence-electron chi connectivity index (χ1n) is 5.66. The molecule has 0 aliphatic rings. The molecule has 0 radical (unpaired) electrons. The van der Waals surface area contributed by atoms with Gasteiger partial charge in [-0.25, -0.2) is 4.68 Å². The van der Waals surface area contributed by atoms with Crippen molar-refractivity contribution in [2.24, 2.45) is 5.73 Å². The first kappa shape index (κ1) is 12.1. The molecule has 1 aromatic heterocycles. The molecule has 0 spiro atoms. The van der Waals surface area contributed by atoms with Crippen molar-refractivity contribution in [3.05, 3.63) is 46.7 Å². The Kier molecular flexibility index (Phi) is 3.50. The zero-order valence-corrected chi connectivity index (χ0v) is 10.8. The number of hydrogen-bond donors (Lipinski definition) is 1. The maximum Gasteiger partial charge on any atom is 0.0767 e. The van der Waals surface area contributed by atoms with E-state index in [1.165, 1.54) is 0 Å². The predicted molar refractivity (Wildman–Crippen MR) is 70.6 cm³/mol. The molecule has 2 aromatic rings. The Hall–Kier alpha value is -1.32. The fourth-order valence-corrected chi connectivity index (χ4v) is 1.96. The second-order valence-electron chi connectivity index (χ2n) is 4.31. The lowest BCUT2D eigenvalue weighted by Crippen LogP contribution is -2.04. The molecular weight excluding hydrogens is 234 g/mol. The highest BCUT2D eigenvalue weighted by Gasteiger charge is 2.12. The lowest BCUT2D eigenvalue weighted by Gasteiger charge is -2.10. The van der Waals surface area contributed by atoms with Crippen molar-refractivity contribution < 1.29 is 0 Å². The molecule has 90 valence electrons. The SMILES string of the molecule is CC(C)c1cc(CN)nn1-c1cccc(Cl)c1. The fourth-order valence-electron chi connectivity index (χ4n) is 1.77. The van der Waals surface area contributed by atoms with Gasteiger partial charge in [0.2, 0.25) is 0 Å². The number of hydrogen-bond acceptors (Lipinski definition) is 2. The van der Waals surface area contributed by atoms with Gasteiger partial charge in [0.15, 0.2) is 0 Å². The molecule has 2 rings (SSSR count). The highest BCUT2D eigenvalue weighted by Crippen LogP contribution is 2.22. The second-order valence-corrected chi connectivity index (χ2v) is 4.75. The first-order valence-corrected chi connectivity index (χ1v) is 6.04. The standard InChI is InChI=1S/C13H16ClN3/c1-9(2)13-7-11(8-15)16-17(13)12-5-3-4-10(14)6-12/h3-7,9H,8,15H2,1-2H3. The summed E-state index contributed by atoms with van der Waals surface area (Å²) in [6, 6.07) is 9.72. The van der Waals surface area contributed by atoms with Crippen LogP contribution in [-0.4, -0.2) is 9.78 Å². The molecule has 1 aromatic carbocycles. The summed E-state index contributed by atoms with van der Waals surface area (Å²) < 4.78 is 1.92. The second kappa shape index (κ2) is 4.90. The van der Waals surface area contributed by atoms with Crippen molar-refractivity contribution in [2.45, 2.75) is 26.3 Å². The molecule has 2 N–H and O–H groups in total. The zero-order chi connectivity index (χ0) is 12.4. The largest absolute Gasteiger partial charge is 0.325 e. The molecule has 3 nitrogen and oxygen atoms in total. The molecule has 0 aliphatic carbocycles. The van der Waals surface area contributed by atoms with Crippen LogP contribution in [0, 0.1) is 0 Å². The summed E-state index contributed by atoms with van der Waals surface area (Å²) in [4.78, 5) is 0. The van der Waals surface area contributed by atoms with Crippen molar-refractivity contribution in [2.75, 3.05) is 0 Å². The Labute approximate surface area is 106 Å². The average Bonchev–Trinajstić information content (AvgIpc) is 2.73. The van der Waals surface area contributed by atoms with E-state index < -0.39 is 0 Å². The Morgan fingerprint density at radius 3 is 2.71 bits per heavy atom. The van der Waals surface area contributed by atoms with Crippen LogP contribution in [0.15, 0.2) is 30.3 Å². The normalized spacial score (nSPS) is 11.1. The molecular formula is C13H16ClN3. The van der Waals surface area contributed by atoms with Gasteiger partial charge in [0.1, 0.15) is 0 Å². The van der Waals surface area contributed by atoms with E-state index in [1.807, 2.05) is 35.0 Å². The molecule has 0 saturated carbocycles. The van der Waals surface area contributed by atoms with Crippen LogP contribution in [0.3, 0.4) is 0 Å². The summed E-state index contributed by atoms with van der Waals surface area (Å²) in [6.45, 7) is 4.73. The minimum atomic E-state index is 0.391. The van der Waals surface area contributed by atoms with Crippen LogP contribution in [0.2, 0.25) is 5.02 Å². The highest BCUT2D eigenvalue weighted by molar-refractivity contribution is 6.30. The number of halogens is 1. The molecule has 0 bridgehead atoms. The van der Waals surface area contributed by atoms with Gasteiger partial charge in [-0.1, -0.05) is 31.5 Å². The summed E-state index contributed by atoms with van der Waals surface area (Å²) >= 11 is 6.00. The minimum absolute atomic E-state index is 0.391. The smallest absolute Gasteiger partial charge is 0.0767 e. The van der Waals surface area contributed by atoms with E-state index >= 15 is 0 Å². The molecule has 0 atom stereocenters. The Balaban J connectivity index is 2.53. The fraction of sp³-hybridized carbons (Fsp3) is 0.308. The van der Waals surface area contributed by atoms with Crippen molar-refractivity contribution in [1.82, 2.24) is 9.78 Å². The quantitative estimate of drug-likeness (QED) is 0.908. The van der Waals surface area contributed by atoms with E-state index in [0.29, 0.717) is 17.5 Å². The van der Waals surface area contributed by atoms with E-state index in [2.05, 4.69) is 18.9 Å². The molecule has 0 unspecified atom stereocenters. The Morgan fingerprint density at radius 2 is 2.12 bits per heavy atom. The van der Waals surface area contributed by atoms with Gasteiger partial charge in [-0.2, -0.15) is 5.10 Å². The van der Waals surface area contributed by atoms with Crippen LogP contribution in [0.4, 0.5) is 0 Å². The van der Waals surface area contributed by atoms with Gasteiger partial charge in [-0.15, -0.1) is 0 Å². The van der Waals surface area contributed by atoms with Gasteiger partial charge >= 0.3 is 0 Å². The van der Waals surface area contributed by atoms with Crippen LogP contribution in [-0.2, 0) is 6.54 Å². The van der Waals surface area contributed by atoms with E-state index in [1.54, 1.807) is 0 Å². The van der Waals surface area contributed by atoms with E-state index in [4.69, 9.17) is 17.3 Å². The lowest BCUT2D eigenvalue weighted by atomic mass is 10.1. The maximum absolute atomic E-state index is 6.00. The van der Waals surface area contributed by atoms with Crippen LogP contribution in [0.25, 0.3) is 5.69 Å². The number of benzene rings is 1. The maximum atomic E-state index is 6.00. The zero-order valence-electron chi connectivity index (χ0n) is 10.0. The summed E-state index contributed by atoms with van der Waals surface area (Å²) in [5.74, 6) is 0.391. The monoisotopic (exact) mass is 249 g/mol. The molecule has 17 heavy (non-hydrogen) atoms. The predicted octanol–water partition coefficient (Wildman–Crippen LogP) is 3.11. The van der Waals surface area contributed by atoms with Crippen molar-refractivity contribution in [1.29, 1.82) is 0 Å². The number of rotatable bonds is 3. The van der Waals surface area contributed by atoms with E-state index in [0.717, 1.165) is 17.1 Å². The van der Waals surface area contributed by atoms with Crippen LogP contribution < -0.4 is 5.73 Å². The van der Waals surface area contributed by atoms with Crippen LogP contribution in [0.1, 0.15) is 31.2 Å². The third kappa shape index (κ3) is 2.51. The summed E-state index contributed by atoms with van der Waals surface area (Å²) in [7, 11) is 0. The van der Waals surface area contributed by atoms with Crippen molar-refractivity contribution in [3.63, 3.8) is 0 Å². The summed E-state index contributed by atoms with van der Waals surface area (Å²) in [5, 5.41) is 5.20. The van der Waals surface area contributed by atoms with E-state index in [-0.39, 0.29) is 0 Å². The number of nitrogens with two attached hydrogens (primary N) is 1. The third-order valence-corrected chi connectivity index (χ3v) is 2.88. The first-order chi connectivity index (χ1) is 8.11. The average molecular weight is 250 g/mol. The van der Waals surface area contributed by atoms with Crippen LogP contribution in [0.5, 0.6) is 0 Å². The van der Waals surface area contributed by atoms with Crippen LogP contribution >= 0.6 is 11.6 Å². The highest BCUT2D eigenvalue weighted by atomic mass is 35.5. The molecule has 4 heteroatoms. The van der Waals surface area contributed by atoms with Gasteiger partial charge in [0.05, 0.1) is 11.4 Å². The topological polar surface area (TPSA) is 43.8 Å². The molecule has 0 amide bonds. The van der Waals surface area contributed by atoms with E-state index in [9.17, 15) is 0 Å². The van der Waals surface area contributed by atoms with Gasteiger partial charge in [0.25, 0.3) is 0 Å². The van der Waals surface area contributed by atoms with Gasteiger partial charge in [0, 0.05) is 17.3 Å². The number of aromatic nitrogens is 2. The van der Waals surface area contributed by atoms with Gasteiger partial charge < -0.3 is 5.73 Å². The summed E-state index contributed by atoms with van der Waals surface area (Å²) in [6.07, 6.45) is 0. The van der Waals surface area contributed by atoms with Crippen molar-refractivity contribution in [3.8, 4) is 5.69 Å². The Bertz CT molecular complexity index is 517. The molecule has 0 saturated heterocycles. The number of nitrogens with zero attached hydrogens (tertiary/aromatic N) is 2.